The van der Waals surface area contributed by atoms with E-state index in [1.165, 1.54) is 36.8 Å². The van der Waals surface area contributed by atoms with E-state index in [1.807, 2.05) is 12.3 Å². The molecule has 2 atom stereocenters. The summed E-state index contributed by atoms with van der Waals surface area (Å²) in [6.07, 6.45) is 9.07. The Morgan fingerprint density at radius 1 is 1.15 bits per heavy atom. The van der Waals surface area contributed by atoms with Crippen LogP contribution in [0, 0.1) is 0 Å². The minimum absolute atomic E-state index is 0.484. The fourth-order valence-corrected chi connectivity index (χ4v) is 2.84. The molecule has 20 heavy (non-hydrogen) atoms. The highest BCUT2D eigenvalue weighted by Gasteiger charge is 2.23. The van der Waals surface area contributed by atoms with Crippen molar-refractivity contribution in [2.75, 3.05) is 0 Å². The van der Waals surface area contributed by atoms with Crippen molar-refractivity contribution in [1.29, 1.82) is 0 Å². The van der Waals surface area contributed by atoms with Gasteiger partial charge in [0, 0.05) is 18.4 Å². The van der Waals surface area contributed by atoms with Gasteiger partial charge in [0.05, 0.1) is 0 Å². The number of hydrogen-bond donors (Lipinski definition) is 0. The van der Waals surface area contributed by atoms with Gasteiger partial charge in [-0.1, -0.05) is 31.2 Å². The summed E-state index contributed by atoms with van der Waals surface area (Å²) in [5.74, 6) is 1.49. The highest BCUT2D eigenvalue weighted by atomic mass is 15.3. The number of rotatable bonds is 6. The molecule has 1 fully saturated rings. The molecule has 2 heteroatoms. The normalized spacial score (nSPS) is 17.9. The van der Waals surface area contributed by atoms with E-state index in [9.17, 15) is 0 Å². The third kappa shape index (κ3) is 3.12. The molecule has 1 aromatic carbocycles. The van der Waals surface area contributed by atoms with Crippen molar-refractivity contribution in [3.8, 4) is 0 Å². The first kappa shape index (κ1) is 13.4. The van der Waals surface area contributed by atoms with E-state index < -0.39 is 0 Å². The molecule has 3 rings (SSSR count). The third-order valence-corrected chi connectivity index (χ3v) is 4.55. The van der Waals surface area contributed by atoms with E-state index in [-0.39, 0.29) is 0 Å². The largest absolute Gasteiger partial charge is 0.270 e. The van der Waals surface area contributed by atoms with E-state index in [2.05, 4.69) is 54.1 Å². The summed E-state index contributed by atoms with van der Waals surface area (Å²) in [5.41, 5.74) is 3.01. The highest BCUT2D eigenvalue weighted by molar-refractivity contribution is 5.29. The zero-order valence-corrected chi connectivity index (χ0v) is 12.5. The van der Waals surface area contributed by atoms with E-state index in [0.717, 1.165) is 5.92 Å². The van der Waals surface area contributed by atoms with Crippen LogP contribution >= 0.6 is 0 Å². The Morgan fingerprint density at radius 2 is 1.90 bits per heavy atom. The topological polar surface area (TPSA) is 17.8 Å². The van der Waals surface area contributed by atoms with E-state index in [4.69, 9.17) is 0 Å². The molecule has 0 N–H and O–H groups in total. The van der Waals surface area contributed by atoms with Gasteiger partial charge in [-0.15, -0.1) is 0 Å². The molecule has 1 aliphatic carbocycles. The Bertz CT molecular complexity index is 523. The van der Waals surface area contributed by atoms with Crippen molar-refractivity contribution in [2.24, 2.45) is 0 Å². The summed E-state index contributed by atoms with van der Waals surface area (Å²) < 4.78 is 2.06. The summed E-state index contributed by atoms with van der Waals surface area (Å²) in [6.45, 7) is 4.58. The van der Waals surface area contributed by atoms with Gasteiger partial charge in [-0.05, 0) is 61.6 Å². The molecule has 2 unspecified atom stereocenters. The maximum atomic E-state index is 4.32. The zero-order valence-electron chi connectivity index (χ0n) is 12.5. The Labute approximate surface area is 121 Å². The predicted molar refractivity (Wildman–Crippen MR) is 83.0 cm³/mol. The molecule has 1 aromatic heterocycles. The van der Waals surface area contributed by atoms with Crippen LogP contribution in [0.25, 0.3) is 0 Å². The smallest absolute Gasteiger partial charge is 0.0491 e. The average molecular weight is 268 g/mol. The van der Waals surface area contributed by atoms with Crippen molar-refractivity contribution in [1.82, 2.24) is 9.78 Å². The van der Waals surface area contributed by atoms with Gasteiger partial charge < -0.3 is 0 Å². The summed E-state index contributed by atoms with van der Waals surface area (Å²) in [6, 6.07) is 11.8. The average Bonchev–Trinajstić information content (AvgIpc) is 3.19. The highest BCUT2D eigenvalue weighted by Crippen LogP contribution is 2.40. The zero-order chi connectivity index (χ0) is 13.9. The van der Waals surface area contributed by atoms with Gasteiger partial charge in [0.25, 0.3) is 0 Å². The molecule has 0 saturated heterocycles. The fourth-order valence-electron chi connectivity index (χ4n) is 2.84. The van der Waals surface area contributed by atoms with Crippen LogP contribution in [0.15, 0.2) is 42.7 Å². The van der Waals surface area contributed by atoms with Crippen LogP contribution in [-0.4, -0.2) is 9.78 Å². The number of aromatic nitrogens is 2. The molecule has 1 heterocycles. The first-order chi connectivity index (χ1) is 9.74. The molecule has 0 spiro atoms. The van der Waals surface area contributed by atoms with E-state index in [1.54, 1.807) is 0 Å². The van der Waals surface area contributed by atoms with Gasteiger partial charge in [-0.2, -0.15) is 5.10 Å². The van der Waals surface area contributed by atoms with Crippen molar-refractivity contribution < 1.29 is 0 Å². The Morgan fingerprint density at radius 3 is 2.50 bits per heavy atom. The SMILES string of the molecule is CC(CCC(C)n1cccn1)c1ccc(C2CC2)cc1. The molecule has 2 aromatic rings. The lowest BCUT2D eigenvalue weighted by Crippen LogP contribution is -2.07. The molecule has 0 radical (unpaired) electrons. The van der Waals surface area contributed by atoms with Gasteiger partial charge in [0.2, 0.25) is 0 Å². The lowest BCUT2D eigenvalue weighted by atomic mass is 9.93. The summed E-state index contributed by atoms with van der Waals surface area (Å²) >= 11 is 0. The predicted octanol–water partition coefficient (Wildman–Crippen LogP) is 4.91. The van der Waals surface area contributed by atoms with Crippen LogP contribution in [0.4, 0.5) is 0 Å². The quantitative estimate of drug-likeness (QED) is 0.728. The van der Waals surface area contributed by atoms with Crippen molar-refractivity contribution in [3.63, 3.8) is 0 Å². The number of nitrogens with zero attached hydrogens (tertiary/aromatic N) is 2. The second-order valence-electron chi connectivity index (χ2n) is 6.25. The van der Waals surface area contributed by atoms with Crippen LogP contribution in [0.1, 0.15) is 68.5 Å². The molecular formula is C18H24N2. The minimum Gasteiger partial charge on any atom is -0.270 e. The first-order valence-corrected chi connectivity index (χ1v) is 7.83. The standard InChI is InChI=1S/C18H24N2/c1-14(4-5-15(2)20-13-3-12-19-20)16-6-8-17(9-7-16)18-10-11-18/h3,6-9,12-15,18H,4-5,10-11H2,1-2H3. The van der Waals surface area contributed by atoms with Crippen molar-refractivity contribution in [2.45, 2.75) is 57.4 Å². The maximum absolute atomic E-state index is 4.32. The van der Waals surface area contributed by atoms with Crippen LogP contribution in [0.3, 0.4) is 0 Å². The maximum Gasteiger partial charge on any atom is 0.0491 e. The number of benzene rings is 1. The lowest BCUT2D eigenvalue weighted by molar-refractivity contribution is 0.430. The molecule has 106 valence electrons. The first-order valence-electron chi connectivity index (χ1n) is 7.83. The van der Waals surface area contributed by atoms with Crippen LogP contribution in [-0.2, 0) is 0 Å². The summed E-state index contributed by atoms with van der Waals surface area (Å²) in [5, 5.41) is 4.32. The molecule has 1 saturated carbocycles. The van der Waals surface area contributed by atoms with Gasteiger partial charge in [-0.25, -0.2) is 0 Å². The van der Waals surface area contributed by atoms with Crippen molar-refractivity contribution in [3.05, 3.63) is 53.9 Å². The van der Waals surface area contributed by atoms with Crippen LogP contribution in [0.5, 0.6) is 0 Å². The lowest BCUT2D eigenvalue weighted by Gasteiger charge is -2.16. The Kier molecular flexibility index (Phi) is 3.90. The van der Waals surface area contributed by atoms with E-state index in [0.29, 0.717) is 12.0 Å². The monoisotopic (exact) mass is 268 g/mol. The van der Waals surface area contributed by atoms with E-state index >= 15 is 0 Å². The van der Waals surface area contributed by atoms with Gasteiger partial charge >= 0.3 is 0 Å². The molecule has 0 bridgehead atoms. The summed E-state index contributed by atoms with van der Waals surface area (Å²) in [7, 11) is 0. The van der Waals surface area contributed by atoms with Crippen molar-refractivity contribution >= 4 is 0 Å². The molecular weight excluding hydrogens is 244 g/mol. The second kappa shape index (κ2) is 5.82. The van der Waals surface area contributed by atoms with Gasteiger partial charge in [-0.3, -0.25) is 4.68 Å². The third-order valence-electron chi connectivity index (χ3n) is 4.55. The molecule has 1 aliphatic rings. The Balaban J connectivity index is 1.54. The van der Waals surface area contributed by atoms with Crippen LogP contribution < -0.4 is 0 Å². The minimum atomic E-state index is 0.484. The summed E-state index contributed by atoms with van der Waals surface area (Å²) in [4.78, 5) is 0. The molecule has 0 aliphatic heterocycles. The van der Waals surface area contributed by atoms with Crippen LogP contribution in [0.2, 0.25) is 0 Å². The fraction of sp³-hybridized carbons (Fsp3) is 0.500. The molecule has 0 amide bonds. The number of hydrogen-bond acceptors (Lipinski definition) is 1. The molecule has 2 nitrogen and oxygen atoms in total. The van der Waals surface area contributed by atoms with Gasteiger partial charge in [0.1, 0.15) is 0 Å². The Hall–Kier alpha value is -1.57. The van der Waals surface area contributed by atoms with Gasteiger partial charge in [0.15, 0.2) is 0 Å². The second-order valence-corrected chi connectivity index (χ2v) is 6.25.